The standard InChI is InChI=1S/C9H17NO/c1-7(11)9-6-10-4-2-8(9)3-5-10/h7-9,11H,2-6H2,1H3. The van der Waals surface area contributed by atoms with Gasteiger partial charge >= 0.3 is 0 Å². The summed E-state index contributed by atoms with van der Waals surface area (Å²) in [6.45, 7) is 5.62. The number of piperidine rings is 3. The van der Waals surface area contributed by atoms with E-state index in [1.165, 1.54) is 25.9 Å². The van der Waals surface area contributed by atoms with Crippen LogP contribution in [0.3, 0.4) is 0 Å². The molecule has 2 unspecified atom stereocenters. The number of aliphatic hydroxyl groups excluding tert-OH is 1. The van der Waals surface area contributed by atoms with E-state index in [0.29, 0.717) is 5.92 Å². The summed E-state index contributed by atoms with van der Waals surface area (Å²) < 4.78 is 0. The number of nitrogens with zero attached hydrogens (tertiary/aromatic N) is 1. The highest BCUT2D eigenvalue weighted by molar-refractivity contribution is 4.88. The van der Waals surface area contributed by atoms with Crippen LogP contribution in [0.1, 0.15) is 19.8 Å². The van der Waals surface area contributed by atoms with Gasteiger partial charge in [0.15, 0.2) is 0 Å². The van der Waals surface area contributed by atoms with Gasteiger partial charge in [0.25, 0.3) is 0 Å². The van der Waals surface area contributed by atoms with Gasteiger partial charge in [0.1, 0.15) is 0 Å². The van der Waals surface area contributed by atoms with Crippen LogP contribution in [0.2, 0.25) is 0 Å². The Hall–Kier alpha value is -0.0800. The number of hydrogen-bond donors (Lipinski definition) is 1. The maximum atomic E-state index is 9.47. The van der Waals surface area contributed by atoms with Crippen molar-refractivity contribution in [1.29, 1.82) is 0 Å². The molecule has 64 valence electrons. The van der Waals surface area contributed by atoms with E-state index in [2.05, 4.69) is 4.90 Å². The molecule has 0 spiro atoms. The summed E-state index contributed by atoms with van der Waals surface area (Å²) in [5.74, 6) is 1.39. The zero-order chi connectivity index (χ0) is 7.84. The van der Waals surface area contributed by atoms with Crippen molar-refractivity contribution in [2.75, 3.05) is 19.6 Å². The first-order valence-electron chi connectivity index (χ1n) is 4.68. The average molecular weight is 155 g/mol. The van der Waals surface area contributed by atoms with Gasteiger partial charge in [0, 0.05) is 12.5 Å². The van der Waals surface area contributed by atoms with Crippen LogP contribution in [0.5, 0.6) is 0 Å². The van der Waals surface area contributed by atoms with Gasteiger partial charge in [0.05, 0.1) is 6.10 Å². The van der Waals surface area contributed by atoms with Crippen molar-refractivity contribution in [3.05, 3.63) is 0 Å². The summed E-state index contributed by atoms with van der Waals surface area (Å²) in [5.41, 5.74) is 0. The zero-order valence-electron chi connectivity index (χ0n) is 7.16. The SMILES string of the molecule is CC(O)C1CN2CCC1CC2. The highest BCUT2D eigenvalue weighted by Crippen LogP contribution is 2.33. The molecule has 0 amide bonds. The normalized spacial score (nSPS) is 45.8. The second-order valence-corrected chi connectivity index (χ2v) is 4.04. The molecule has 3 aliphatic rings. The van der Waals surface area contributed by atoms with E-state index >= 15 is 0 Å². The first-order chi connectivity index (χ1) is 5.27. The molecule has 0 aromatic heterocycles. The highest BCUT2D eigenvalue weighted by Gasteiger charge is 2.36. The van der Waals surface area contributed by atoms with Gasteiger partial charge in [-0.2, -0.15) is 0 Å². The molecule has 2 bridgehead atoms. The Morgan fingerprint density at radius 3 is 2.27 bits per heavy atom. The minimum atomic E-state index is -0.0944. The number of rotatable bonds is 1. The molecule has 3 aliphatic heterocycles. The molecule has 0 radical (unpaired) electrons. The fourth-order valence-electron chi connectivity index (χ4n) is 2.56. The molecule has 2 nitrogen and oxygen atoms in total. The molecule has 3 heterocycles. The van der Waals surface area contributed by atoms with Gasteiger partial charge in [0.2, 0.25) is 0 Å². The van der Waals surface area contributed by atoms with Crippen molar-refractivity contribution < 1.29 is 5.11 Å². The van der Waals surface area contributed by atoms with Crippen molar-refractivity contribution in [3.8, 4) is 0 Å². The lowest BCUT2D eigenvalue weighted by atomic mass is 9.77. The van der Waals surface area contributed by atoms with Crippen LogP contribution in [0, 0.1) is 11.8 Å². The lowest BCUT2D eigenvalue weighted by Crippen LogP contribution is -2.50. The quantitative estimate of drug-likeness (QED) is 0.603. The molecule has 11 heavy (non-hydrogen) atoms. The average Bonchev–Trinajstić information content (AvgIpc) is 2.06. The Balaban J connectivity index is 2.03. The molecule has 0 aromatic carbocycles. The van der Waals surface area contributed by atoms with E-state index < -0.39 is 0 Å². The third kappa shape index (κ3) is 1.30. The van der Waals surface area contributed by atoms with E-state index in [0.717, 1.165) is 12.5 Å². The molecule has 2 heteroatoms. The fourth-order valence-corrected chi connectivity index (χ4v) is 2.56. The van der Waals surface area contributed by atoms with Crippen LogP contribution in [0.25, 0.3) is 0 Å². The Morgan fingerprint density at radius 2 is 2.00 bits per heavy atom. The molecule has 3 saturated heterocycles. The molecule has 3 rings (SSSR count). The summed E-state index contributed by atoms with van der Waals surface area (Å²) in [6.07, 6.45) is 2.54. The van der Waals surface area contributed by atoms with Crippen molar-refractivity contribution in [2.45, 2.75) is 25.9 Å². The van der Waals surface area contributed by atoms with Crippen molar-refractivity contribution >= 4 is 0 Å². The monoisotopic (exact) mass is 155 g/mol. The van der Waals surface area contributed by atoms with Gasteiger partial charge in [-0.05, 0) is 38.8 Å². The Labute approximate surface area is 68.2 Å². The number of fused-ring (bicyclic) bond motifs is 3. The number of aliphatic hydroxyl groups is 1. The van der Waals surface area contributed by atoms with Crippen molar-refractivity contribution in [1.82, 2.24) is 4.90 Å². The lowest BCUT2D eigenvalue weighted by molar-refractivity contribution is -0.0172. The van der Waals surface area contributed by atoms with E-state index in [4.69, 9.17) is 0 Å². The zero-order valence-corrected chi connectivity index (χ0v) is 7.16. The molecule has 0 aliphatic carbocycles. The summed E-state index contributed by atoms with van der Waals surface area (Å²) in [7, 11) is 0. The van der Waals surface area contributed by atoms with Gasteiger partial charge in [-0.15, -0.1) is 0 Å². The summed E-state index contributed by atoms with van der Waals surface area (Å²) in [4.78, 5) is 2.48. The van der Waals surface area contributed by atoms with Crippen LogP contribution in [0.15, 0.2) is 0 Å². The molecule has 2 atom stereocenters. The summed E-state index contributed by atoms with van der Waals surface area (Å²) >= 11 is 0. The van der Waals surface area contributed by atoms with E-state index in [1.54, 1.807) is 0 Å². The first kappa shape index (κ1) is 7.56. The first-order valence-corrected chi connectivity index (χ1v) is 4.68. The molecule has 0 aromatic rings. The van der Waals surface area contributed by atoms with Crippen LogP contribution < -0.4 is 0 Å². The Morgan fingerprint density at radius 1 is 1.36 bits per heavy atom. The van der Waals surface area contributed by atoms with Gasteiger partial charge in [-0.3, -0.25) is 0 Å². The van der Waals surface area contributed by atoms with Crippen LogP contribution >= 0.6 is 0 Å². The smallest absolute Gasteiger partial charge is 0.0555 e. The maximum absolute atomic E-state index is 9.47. The molecule has 1 N–H and O–H groups in total. The van der Waals surface area contributed by atoms with Gasteiger partial charge in [-0.25, -0.2) is 0 Å². The van der Waals surface area contributed by atoms with Crippen molar-refractivity contribution in [3.63, 3.8) is 0 Å². The minimum absolute atomic E-state index is 0.0944. The van der Waals surface area contributed by atoms with Crippen LogP contribution in [-0.4, -0.2) is 35.7 Å². The summed E-state index contributed by atoms with van der Waals surface area (Å²) in [6, 6.07) is 0. The minimum Gasteiger partial charge on any atom is -0.393 e. The largest absolute Gasteiger partial charge is 0.393 e. The van der Waals surface area contributed by atoms with E-state index in [9.17, 15) is 5.11 Å². The molecular weight excluding hydrogens is 138 g/mol. The second-order valence-electron chi connectivity index (χ2n) is 4.04. The third-order valence-corrected chi connectivity index (χ3v) is 3.33. The number of hydrogen-bond acceptors (Lipinski definition) is 2. The molecule has 3 fully saturated rings. The third-order valence-electron chi connectivity index (χ3n) is 3.33. The highest BCUT2D eigenvalue weighted by atomic mass is 16.3. The molecule has 0 saturated carbocycles. The maximum Gasteiger partial charge on any atom is 0.0555 e. The van der Waals surface area contributed by atoms with Gasteiger partial charge < -0.3 is 10.0 Å². The van der Waals surface area contributed by atoms with Gasteiger partial charge in [-0.1, -0.05) is 0 Å². The van der Waals surface area contributed by atoms with Crippen LogP contribution in [-0.2, 0) is 0 Å². The van der Waals surface area contributed by atoms with Crippen LogP contribution in [0.4, 0.5) is 0 Å². The Bertz CT molecular complexity index is 138. The Kier molecular flexibility index (Phi) is 1.90. The predicted molar refractivity (Wildman–Crippen MR) is 44.3 cm³/mol. The van der Waals surface area contributed by atoms with Crippen molar-refractivity contribution in [2.24, 2.45) is 11.8 Å². The summed E-state index contributed by atoms with van der Waals surface area (Å²) in [5, 5.41) is 9.47. The van der Waals surface area contributed by atoms with E-state index in [-0.39, 0.29) is 6.10 Å². The second kappa shape index (κ2) is 2.76. The predicted octanol–water partition coefficient (Wildman–Crippen LogP) is 0.709. The fraction of sp³-hybridized carbons (Fsp3) is 1.00. The van der Waals surface area contributed by atoms with E-state index in [1.807, 2.05) is 6.92 Å². The molecular formula is C9H17NO. The lowest BCUT2D eigenvalue weighted by Gasteiger charge is -2.45. The topological polar surface area (TPSA) is 23.5 Å².